The third-order valence-corrected chi connectivity index (χ3v) is 4.27. The Balaban J connectivity index is 2.00. The van der Waals surface area contributed by atoms with E-state index in [9.17, 15) is 0 Å². The molecule has 0 atom stereocenters. The number of imidazole rings is 1. The Hall–Kier alpha value is -2.55. The molecule has 124 valence electrons. The van der Waals surface area contributed by atoms with Gasteiger partial charge in [-0.2, -0.15) is 0 Å². The maximum absolute atomic E-state index is 5.54. The smallest absolute Gasteiger partial charge is 0.128 e. The summed E-state index contributed by atoms with van der Waals surface area (Å²) in [6.45, 7) is 3.07. The molecule has 3 nitrogen and oxygen atoms in total. The summed E-state index contributed by atoms with van der Waals surface area (Å²) in [4.78, 5) is 4.73. The van der Waals surface area contributed by atoms with E-state index < -0.39 is 0 Å². The van der Waals surface area contributed by atoms with Crippen LogP contribution in [-0.2, 0) is 13.0 Å². The topological polar surface area (TPSA) is 27.1 Å². The monoisotopic (exact) mass is 320 g/mol. The lowest BCUT2D eigenvalue weighted by molar-refractivity contribution is 0.416. The van der Waals surface area contributed by atoms with Gasteiger partial charge in [-0.25, -0.2) is 4.98 Å². The number of ether oxygens (including phenoxy) is 1. The summed E-state index contributed by atoms with van der Waals surface area (Å²) in [7, 11) is 1.71. The van der Waals surface area contributed by atoms with E-state index in [1.54, 1.807) is 7.11 Å². The number of hydrogen-bond donors (Lipinski definition) is 0. The molecule has 1 heterocycles. The largest absolute Gasteiger partial charge is 0.496 e. The molecule has 0 saturated carbocycles. The Kier molecular flexibility index (Phi) is 5.32. The van der Waals surface area contributed by atoms with Crippen LogP contribution in [0.3, 0.4) is 0 Å². The first-order valence-electron chi connectivity index (χ1n) is 8.54. The van der Waals surface area contributed by atoms with Crippen molar-refractivity contribution in [3.05, 3.63) is 72.2 Å². The maximum Gasteiger partial charge on any atom is 0.128 e. The zero-order valence-electron chi connectivity index (χ0n) is 14.4. The molecule has 2 aromatic carbocycles. The van der Waals surface area contributed by atoms with E-state index in [-0.39, 0.29) is 0 Å². The standard InChI is InChI=1S/C21H24N2O/c1-3-4-13-19-21(18-12-8-9-14-20(18)24-2)22-16-23(19)15-17-10-6-5-7-11-17/h5-12,14,16H,3-4,13,15H2,1-2H3. The molecule has 0 fully saturated rings. The average molecular weight is 320 g/mol. The summed E-state index contributed by atoms with van der Waals surface area (Å²) in [6, 6.07) is 18.7. The van der Waals surface area contributed by atoms with E-state index in [4.69, 9.17) is 9.72 Å². The summed E-state index contributed by atoms with van der Waals surface area (Å²) in [5.41, 5.74) is 4.68. The molecule has 3 rings (SSSR count). The van der Waals surface area contributed by atoms with E-state index >= 15 is 0 Å². The van der Waals surface area contributed by atoms with Crippen LogP contribution in [0.15, 0.2) is 60.9 Å². The summed E-state index contributed by atoms with van der Waals surface area (Å²) >= 11 is 0. The van der Waals surface area contributed by atoms with Crippen molar-refractivity contribution in [2.24, 2.45) is 0 Å². The minimum absolute atomic E-state index is 0.849. The van der Waals surface area contributed by atoms with Crippen LogP contribution in [0, 0.1) is 0 Å². The third kappa shape index (κ3) is 3.51. The van der Waals surface area contributed by atoms with Crippen LogP contribution < -0.4 is 4.74 Å². The van der Waals surface area contributed by atoms with E-state index in [2.05, 4.69) is 47.9 Å². The van der Waals surface area contributed by atoms with Gasteiger partial charge in [0.15, 0.2) is 0 Å². The van der Waals surface area contributed by atoms with Gasteiger partial charge in [-0.05, 0) is 30.5 Å². The molecule has 0 saturated heterocycles. The van der Waals surface area contributed by atoms with E-state index in [0.717, 1.165) is 36.4 Å². The Morgan fingerprint density at radius 2 is 1.75 bits per heavy atom. The fourth-order valence-electron chi connectivity index (χ4n) is 3.00. The number of rotatable bonds is 7. The molecule has 0 aliphatic heterocycles. The summed E-state index contributed by atoms with van der Waals surface area (Å²) in [6.07, 6.45) is 5.31. The van der Waals surface area contributed by atoms with Crippen LogP contribution in [0.1, 0.15) is 31.0 Å². The minimum Gasteiger partial charge on any atom is -0.496 e. The number of aromatic nitrogens is 2. The van der Waals surface area contributed by atoms with Gasteiger partial charge in [0.05, 0.1) is 19.1 Å². The van der Waals surface area contributed by atoms with Crippen molar-refractivity contribution in [3.8, 4) is 17.0 Å². The zero-order valence-corrected chi connectivity index (χ0v) is 14.4. The van der Waals surface area contributed by atoms with Crippen molar-refractivity contribution >= 4 is 0 Å². The van der Waals surface area contributed by atoms with E-state index in [1.165, 1.54) is 17.7 Å². The van der Waals surface area contributed by atoms with Gasteiger partial charge in [-0.3, -0.25) is 0 Å². The highest BCUT2D eigenvalue weighted by Gasteiger charge is 2.16. The van der Waals surface area contributed by atoms with Gasteiger partial charge in [0, 0.05) is 17.8 Å². The van der Waals surface area contributed by atoms with E-state index in [0.29, 0.717) is 0 Å². The Labute approximate surface area is 143 Å². The molecule has 0 unspecified atom stereocenters. The predicted molar refractivity (Wildman–Crippen MR) is 98.4 cm³/mol. The van der Waals surface area contributed by atoms with Crippen LogP contribution in [0.25, 0.3) is 11.3 Å². The molecule has 24 heavy (non-hydrogen) atoms. The van der Waals surface area contributed by atoms with Crippen LogP contribution in [0.2, 0.25) is 0 Å². The molecule has 1 aromatic heterocycles. The van der Waals surface area contributed by atoms with Crippen LogP contribution in [0.5, 0.6) is 5.75 Å². The molecule has 0 aliphatic rings. The lowest BCUT2D eigenvalue weighted by atomic mass is 10.1. The minimum atomic E-state index is 0.849. The first-order chi connectivity index (χ1) is 11.8. The van der Waals surface area contributed by atoms with Crippen molar-refractivity contribution in [2.75, 3.05) is 7.11 Å². The van der Waals surface area contributed by atoms with Gasteiger partial charge in [-0.1, -0.05) is 55.8 Å². The fraction of sp³-hybridized carbons (Fsp3) is 0.286. The highest BCUT2D eigenvalue weighted by atomic mass is 16.5. The Morgan fingerprint density at radius 1 is 1.00 bits per heavy atom. The van der Waals surface area contributed by atoms with Gasteiger partial charge in [0.2, 0.25) is 0 Å². The van der Waals surface area contributed by atoms with Crippen molar-refractivity contribution in [2.45, 2.75) is 32.7 Å². The number of para-hydroxylation sites is 1. The van der Waals surface area contributed by atoms with Crippen molar-refractivity contribution in [3.63, 3.8) is 0 Å². The number of methoxy groups -OCH3 is 1. The fourth-order valence-corrected chi connectivity index (χ4v) is 3.00. The Morgan fingerprint density at radius 3 is 2.50 bits per heavy atom. The maximum atomic E-state index is 5.54. The third-order valence-electron chi connectivity index (χ3n) is 4.27. The molecule has 0 bridgehead atoms. The lowest BCUT2D eigenvalue weighted by Crippen LogP contribution is -2.04. The number of nitrogens with zero attached hydrogens (tertiary/aromatic N) is 2. The van der Waals surface area contributed by atoms with Gasteiger partial charge < -0.3 is 9.30 Å². The Bertz CT molecular complexity index is 778. The van der Waals surface area contributed by atoms with Crippen LogP contribution >= 0.6 is 0 Å². The van der Waals surface area contributed by atoms with Crippen molar-refractivity contribution in [1.29, 1.82) is 0 Å². The molecule has 0 amide bonds. The molecule has 3 aromatic rings. The van der Waals surface area contributed by atoms with Gasteiger partial charge in [0.1, 0.15) is 5.75 Å². The quantitative estimate of drug-likeness (QED) is 0.616. The van der Waals surface area contributed by atoms with Gasteiger partial charge in [-0.15, -0.1) is 0 Å². The van der Waals surface area contributed by atoms with Crippen LogP contribution in [0.4, 0.5) is 0 Å². The number of benzene rings is 2. The second-order valence-corrected chi connectivity index (χ2v) is 5.96. The lowest BCUT2D eigenvalue weighted by Gasteiger charge is -2.12. The van der Waals surface area contributed by atoms with E-state index in [1.807, 2.05) is 24.5 Å². The highest BCUT2D eigenvalue weighted by molar-refractivity contribution is 5.69. The second-order valence-electron chi connectivity index (χ2n) is 5.96. The molecule has 0 spiro atoms. The normalized spacial score (nSPS) is 10.8. The van der Waals surface area contributed by atoms with Gasteiger partial charge >= 0.3 is 0 Å². The SMILES string of the molecule is CCCCc1c(-c2ccccc2OC)ncn1Cc1ccccc1. The van der Waals surface area contributed by atoms with Gasteiger partial charge in [0.25, 0.3) is 0 Å². The second kappa shape index (κ2) is 7.82. The van der Waals surface area contributed by atoms with Crippen molar-refractivity contribution < 1.29 is 4.74 Å². The predicted octanol–water partition coefficient (Wildman–Crippen LogP) is 4.95. The first-order valence-corrected chi connectivity index (χ1v) is 8.54. The van der Waals surface area contributed by atoms with Crippen molar-refractivity contribution in [1.82, 2.24) is 9.55 Å². The number of hydrogen-bond acceptors (Lipinski definition) is 2. The molecule has 3 heteroatoms. The summed E-state index contributed by atoms with van der Waals surface area (Å²) in [5.74, 6) is 0.875. The number of unbranched alkanes of at least 4 members (excludes halogenated alkanes) is 1. The van der Waals surface area contributed by atoms with Crippen LogP contribution in [-0.4, -0.2) is 16.7 Å². The molecular weight excluding hydrogens is 296 g/mol. The average Bonchev–Trinajstić information content (AvgIpc) is 3.03. The molecule has 0 aliphatic carbocycles. The first kappa shape index (κ1) is 16.3. The summed E-state index contributed by atoms with van der Waals surface area (Å²) in [5, 5.41) is 0. The molecule has 0 N–H and O–H groups in total. The highest BCUT2D eigenvalue weighted by Crippen LogP contribution is 2.32. The zero-order chi connectivity index (χ0) is 16.8. The molecular formula is C21H24N2O. The molecule has 0 radical (unpaired) electrons. The summed E-state index contributed by atoms with van der Waals surface area (Å²) < 4.78 is 7.81.